The monoisotopic (exact) mass is 449 g/mol. The summed E-state index contributed by atoms with van der Waals surface area (Å²) in [5.41, 5.74) is 0.833. The Kier molecular flexibility index (Phi) is 6.24. The fraction of sp³-hybridized carbons (Fsp3) is 0.375. The summed E-state index contributed by atoms with van der Waals surface area (Å²) in [6.45, 7) is 5.76. The van der Waals surface area contributed by atoms with Crippen molar-refractivity contribution in [2.75, 3.05) is 19.6 Å². The average Bonchev–Trinajstić information content (AvgIpc) is 2.82. The van der Waals surface area contributed by atoms with Crippen LogP contribution in [0.1, 0.15) is 42.5 Å². The van der Waals surface area contributed by atoms with Crippen molar-refractivity contribution in [3.8, 4) is 0 Å². The fourth-order valence-corrected chi connectivity index (χ4v) is 4.63. The number of nitro groups is 1. The first kappa shape index (κ1) is 22.6. The van der Waals surface area contributed by atoms with Crippen LogP contribution in [0.5, 0.6) is 0 Å². The Morgan fingerprint density at radius 3 is 2.67 bits per heavy atom. The summed E-state index contributed by atoms with van der Waals surface area (Å²) < 4.78 is 1.63. The summed E-state index contributed by atoms with van der Waals surface area (Å²) in [7, 11) is 1.76. The lowest BCUT2D eigenvalue weighted by atomic mass is 10.1. The number of rotatable bonds is 5. The molecule has 2 heterocycles. The van der Waals surface area contributed by atoms with Gasteiger partial charge in [-0.15, -0.1) is 0 Å². The van der Waals surface area contributed by atoms with Crippen LogP contribution in [0.4, 0.5) is 5.69 Å². The SMILES string of the molecule is CCC(c1nc2ccccc2c(=O)n1C)N1CCN(C(=O)c2cccc([N+](=O)[O-])c2)C(C)C1. The second-order valence-corrected chi connectivity index (χ2v) is 8.43. The first-order valence-corrected chi connectivity index (χ1v) is 11.1. The maximum atomic E-state index is 13.1. The number of nitro benzene ring substituents is 1. The quantitative estimate of drug-likeness (QED) is 0.438. The van der Waals surface area contributed by atoms with Gasteiger partial charge < -0.3 is 4.90 Å². The van der Waals surface area contributed by atoms with Crippen molar-refractivity contribution >= 4 is 22.5 Å². The van der Waals surface area contributed by atoms with E-state index in [1.807, 2.05) is 25.1 Å². The molecule has 1 aliphatic rings. The molecule has 0 bridgehead atoms. The Labute approximate surface area is 191 Å². The topological polar surface area (TPSA) is 102 Å². The van der Waals surface area contributed by atoms with Crippen LogP contribution in [0.25, 0.3) is 10.9 Å². The molecule has 2 unspecified atom stereocenters. The van der Waals surface area contributed by atoms with E-state index < -0.39 is 4.92 Å². The number of hydrogen-bond donors (Lipinski definition) is 0. The van der Waals surface area contributed by atoms with E-state index in [-0.39, 0.29) is 29.2 Å². The van der Waals surface area contributed by atoms with Gasteiger partial charge in [-0.1, -0.05) is 25.1 Å². The Balaban J connectivity index is 1.57. The highest BCUT2D eigenvalue weighted by Gasteiger charge is 2.33. The lowest BCUT2D eigenvalue weighted by Gasteiger charge is -2.43. The number of aromatic nitrogens is 2. The first-order chi connectivity index (χ1) is 15.8. The van der Waals surface area contributed by atoms with Crippen molar-refractivity contribution in [1.29, 1.82) is 0 Å². The summed E-state index contributed by atoms with van der Waals surface area (Å²) in [6.07, 6.45) is 0.768. The number of nitrogens with zero attached hydrogens (tertiary/aromatic N) is 5. The fourth-order valence-electron chi connectivity index (χ4n) is 4.63. The average molecular weight is 450 g/mol. The van der Waals surface area contributed by atoms with Gasteiger partial charge in [0.25, 0.3) is 17.2 Å². The smallest absolute Gasteiger partial charge is 0.270 e. The molecule has 0 N–H and O–H groups in total. The summed E-state index contributed by atoms with van der Waals surface area (Å²) >= 11 is 0. The van der Waals surface area contributed by atoms with Gasteiger partial charge in [0, 0.05) is 50.4 Å². The number of amides is 1. The van der Waals surface area contributed by atoms with Gasteiger partial charge in [-0.2, -0.15) is 0 Å². The Morgan fingerprint density at radius 2 is 1.97 bits per heavy atom. The predicted octanol–water partition coefficient (Wildman–Crippen LogP) is 3.14. The highest BCUT2D eigenvalue weighted by Crippen LogP contribution is 2.27. The van der Waals surface area contributed by atoms with Gasteiger partial charge in [0.05, 0.1) is 21.9 Å². The van der Waals surface area contributed by atoms with Crippen molar-refractivity contribution in [3.63, 3.8) is 0 Å². The minimum Gasteiger partial charge on any atom is -0.333 e. The maximum Gasteiger partial charge on any atom is 0.270 e. The van der Waals surface area contributed by atoms with Gasteiger partial charge in [-0.25, -0.2) is 4.98 Å². The van der Waals surface area contributed by atoms with Crippen molar-refractivity contribution in [3.05, 3.63) is 80.4 Å². The molecule has 1 aliphatic heterocycles. The van der Waals surface area contributed by atoms with E-state index in [0.717, 1.165) is 6.42 Å². The second-order valence-electron chi connectivity index (χ2n) is 8.43. The number of piperazine rings is 1. The molecule has 0 radical (unpaired) electrons. The van der Waals surface area contributed by atoms with E-state index in [2.05, 4.69) is 11.8 Å². The Hall–Kier alpha value is -3.59. The van der Waals surface area contributed by atoms with Gasteiger partial charge >= 0.3 is 0 Å². The number of carbonyl (C=O) groups excluding carboxylic acids is 1. The molecular formula is C24H27N5O4. The lowest BCUT2D eigenvalue weighted by molar-refractivity contribution is -0.384. The second kappa shape index (κ2) is 9.11. The number of hydrogen-bond acceptors (Lipinski definition) is 6. The molecule has 0 aliphatic carbocycles. The maximum absolute atomic E-state index is 13.1. The van der Waals surface area contributed by atoms with Crippen molar-refractivity contribution in [2.45, 2.75) is 32.4 Å². The highest BCUT2D eigenvalue weighted by atomic mass is 16.6. The molecule has 9 nitrogen and oxygen atoms in total. The summed E-state index contributed by atoms with van der Waals surface area (Å²) in [6, 6.07) is 13.0. The van der Waals surface area contributed by atoms with Gasteiger partial charge in [-0.3, -0.25) is 29.2 Å². The largest absolute Gasteiger partial charge is 0.333 e. The zero-order valence-corrected chi connectivity index (χ0v) is 19.0. The van der Waals surface area contributed by atoms with E-state index in [4.69, 9.17) is 4.98 Å². The van der Waals surface area contributed by atoms with Crippen LogP contribution in [0.15, 0.2) is 53.3 Å². The van der Waals surface area contributed by atoms with E-state index in [1.54, 1.807) is 28.6 Å². The number of benzene rings is 2. The normalized spacial score (nSPS) is 17.8. The molecule has 1 saturated heterocycles. The molecule has 4 rings (SSSR count). The number of para-hydroxylation sites is 1. The van der Waals surface area contributed by atoms with E-state index in [0.29, 0.717) is 41.9 Å². The third-order valence-electron chi connectivity index (χ3n) is 6.37. The predicted molar refractivity (Wildman–Crippen MR) is 125 cm³/mol. The van der Waals surface area contributed by atoms with Crippen molar-refractivity contribution < 1.29 is 9.72 Å². The van der Waals surface area contributed by atoms with Crippen molar-refractivity contribution in [2.24, 2.45) is 7.05 Å². The molecule has 1 aromatic heterocycles. The molecule has 0 saturated carbocycles. The zero-order chi connectivity index (χ0) is 23.7. The molecule has 1 amide bonds. The van der Waals surface area contributed by atoms with Crippen LogP contribution in [-0.2, 0) is 7.05 Å². The minimum absolute atomic E-state index is 0.0650. The molecule has 2 aromatic carbocycles. The van der Waals surface area contributed by atoms with Crippen LogP contribution in [-0.4, -0.2) is 55.9 Å². The van der Waals surface area contributed by atoms with Crippen LogP contribution in [0, 0.1) is 10.1 Å². The molecule has 0 spiro atoms. The Morgan fingerprint density at radius 1 is 1.21 bits per heavy atom. The molecule has 3 aromatic rings. The third kappa shape index (κ3) is 4.23. The Bertz CT molecular complexity index is 1270. The van der Waals surface area contributed by atoms with Gasteiger partial charge in [0.1, 0.15) is 5.82 Å². The molecular weight excluding hydrogens is 422 g/mol. The number of fused-ring (bicyclic) bond motifs is 1. The molecule has 9 heteroatoms. The zero-order valence-electron chi connectivity index (χ0n) is 19.0. The third-order valence-corrected chi connectivity index (χ3v) is 6.37. The standard InChI is InChI=1S/C24H27N5O4/c1-4-21(22-25-20-11-6-5-10-19(20)24(31)26(22)3)27-12-13-28(16(2)15-27)23(30)17-8-7-9-18(14-17)29(32)33/h5-11,14,16,21H,4,12-13,15H2,1-3H3. The van der Waals surface area contributed by atoms with Crippen LogP contribution in [0.2, 0.25) is 0 Å². The number of carbonyl (C=O) groups is 1. The van der Waals surface area contributed by atoms with E-state index in [1.165, 1.54) is 18.2 Å². The van der Waals surface area contributed by atoms with Crippen LogP contribution < -0.4 is 5.56 Å². The minimum atomic E-state index is -0.495. The summed E-state index contributed by atoms with van der Waals surface area (Å²) in [5.74, 6) is 0.502. The van der Waals surface area contributed by atoms with Gasteiger partial charge in [0.15, 0.2) is 0 Å². The summed E-state index contributed by atoms with van der Waals surface area (Å²) in [4.78, 5) is 45.4. The number of non-ortho nitro benzene ring substituents is 1. The lowest BCUT2D eigenvalue weighted by Crippen LogP contribution is -2.55. The molecule has 172 valence electrons. The van der Waals surface area contributed by atoms with E-state index in [9.17, 15) is 19.7 Å². The van der Waals surface area contributed by atoms with Crippen molar-refractivity contribution in [1.82, 2.24) is 19.4 Å². The van der Waals surface area contributed by atoms with Crippen LogP contribution in [0.3, 0.4) is 0 Å². The van der Waals surface area contributed by atoms with Gasteiger partial charge in [0.2, 0.25) is 0 Å². The molecule has 33 heavy (non-hydrogen) atoms. The molecule has 2 atom stereocenters. The van der Waals surface area contributed by atoms with Crippen LogP contribution >= 0.6 is 0 Å². The van der Waals surface area contributed by atoms with E-state index >= 15 is 0 Å². The highest BCUT2D eigenvalue weighted by molar-refractivity contribution is 5.95. The summed E-state index contributed by atoms with van der Waals surface area (Å²) in [5, 5.41) is 11.7. The first-order valence-electron chi connectivity index (χ1n) is 11.1. The molecule has 1 fully saturated rings. The van der Waals surface area contributed by atoms with Gasteiger partial charge in [-0.05, 0) is 31.5 Å².